The van der Waals surface area contributed by atoms with Crippen LogP contribution in [0.2, 0.25) is 5.02 Å². The lowest BCUT2D eigenvalue weighted by molar-refractivity contribution is -0.134. The van der Waals surface area contributed by atoms with E-state index < -0.39 is 11.5 Å². The smallest absolute Gasteiger partial charge is 0.269 e. The predicted molar refractivity (Wildman–Crippen MR) is 110 cm³/mol. The van der Waals surface area contributed by atoms with Gasteiger partial charge >= 0.3 is 0 Å². The van der Waals surface area contributed by atoms with E-state index in [2.05, 4.69) is 17.2 Å². The van der Waals surface area contributed by atoms with E-state index in [4.69, 9.17) is 16.9 Å². The van der Waals surface area contributed by atoms with Gasteiger partial charge in [0.2, 0.25) is 5.60 Å². The first-order valence-electron chi connectivity index (χ1n) is 9.34. The summed E-state index contributed by atoms with van der Waals surface area (Å²) in [6, 6.07) is 15.9. The van der Waals surface area contributed by atoms with Crippen LogP contribution >= 0.6 is 11.6 Å². The van der Waals surface area contributed by atoms with Crippen LogP contribution in [0.4, 0.5) is 5.69 Å². The summed E-state index contributed by atoms with van der Waals surface area (Å²) in [6.07, 6.45) is 4.54. The minimum Gasteiger partial charge on any atom is -0.369 e. The van der Waals surface area contributed by atoms with Crippen LogP contribution in [0.25, 0.3) is 0 Å². The third-order valence-electron chi connectivity index (χ3n) is 5.06. The van der Waals surface area contributed by atoms with Gasteiger partial charge in [-0.15, -0.1) is 0 Å². The molecule has 2 aromatic carbocycles. The van der Waals surface area contributed by atoms with Gasteiger partial charge in [-0.3, -0.25) is 4.79 Å². The molecule has 1 unspecified atom stereocenters. The molecular weight excluding hydrogens is 372 g/mol. The monoisotopic (exact) mass is 392 g/mol. The molecule has 3 rings (SSSR count). The summed E-state index contributed by atoms with van der Waals surface area (Å²) < 4.78 is 0. The standard InChI is InChI=1S/C23H21ClN2O2/c24-21-15-20(12-11-18(21)16-25)26-22(27)23(28,19-9-5-2-6-10-19)14-13-17-7-3-1-4-8-17/h1,3-4,7-8,11-12,15,19,28H,2,5-6,9-10H2,(H,26,27). The van der Waals surface area contributed by atoms with Gasteiger partial charge in [0.25, 0.3) is 5.91 Å². The molecule has 2 N–H and O–H groups in total. The number of nitriles is 1. The van der Waals surface area contributed by atoms with Gasteiger partial charge in [-0.25, -0.2) is 0 Å². The second-order valence-electron chi connectivity index (χ2n) is 6.98. The summed E-state index contributed by atoms with van der Waals surface area (Å²) in [7, 11) is 0. The molecule has 28 heavy (non-hydrogen) atoms. The maximum absolute atomic E-state index is 13.0. The number of carbonyl (C=O) groups excluding carboxylic acids is 1. The number of aliphatic hydroxyl groups is 1. The zero-order chi connectivity index (χ0) is 20.0. The van der Waals surface area contributed by atoms with E-state index in [-0.39, 0.29) is 10.9 Å². The number of rotatable bonds is 3. The number of hydrogen-bond donors (Lipinski definition) is 2. The fourth-order valence-electron chi connectivity index (χ4n) is 3.46. The van der Waals surface area contributed by atoms with Gasteiger partial charge in [-0.1, -0.05) is 60.9 Å². The lowest BCUT2D eigenvalue weighted by Gasteiger charge is -2.33. The molecule has 1 saturated carbocycles. The number of halogens is 1. The van der Waals surface area contributed by atoms with Crippen LogP contribution < -0.4 is 5.32 Å². The molecule has 1 atom stereocenters. The van der Waals surface area contributed by atoms with Crippen molar-refractivity contribution in [3.63, 3.8) is 0 Å². The Hall–Kier alpha value is -2.79. The number of nitrogens with zero attached hydrogens (tertiary/aromatic N) is 1. The van der Waals surface area contributed by atoms with Crippen molar-refractivity contribution in [2.24, 2.45) is 5.92 Å². The Morgan fingerprint density at radius 3 is 2.50 bits per heavy atom. The average molecular weight is 393 g/mol. The van der Waals surface area contributed by atoms with Crippen molar-refractivity contribution in [1.29, 1.82) is 5.26 Å². The predicted octanol–water partition coefficient (Wildman–Crippen LogP) is 4.51. The van der Waals surface area contributed by atoms with Crippen LogP contribution in [0.15, 0.2) is 48.5 Å². The Labute approximate surface area is 170 Å². The molecule has 4 nitrogen and oxygen atoms in total. The molecule has 1 aliphatic carbocycles. The summed E-state index contributed by atoms with van der Waals surface area (Å²) in [5.41, 5.74) is -0.307. The van der Waals surface area contributed by atoms with Crippen LogP contribution in [0.1, 0.15) is 43.2 Å². The molecule has 1 aliphatic rings. The van der Waals surface area contributed by atoms with Crippen molar-refractivity contribution in [3.8, 4) is 17.9 Å². The fraction of sp³-hybridized carbons (Fsp3) is 0.304. The highest BCUT2D eigenvalue weighted by atomic mass is 35.5. The topological polar surface area (TPSA) is 73.1 Å². The summed E-state index contributed by atoms with van der Waals surface area (Å²) >= 11 is 6.05. The third kappa shape index (κ3) is 4.54. The zero-order valence-electron chi connectivity index (χ0n) is 15.4. The number of anilines is 1. The molecule has 0 aromatic heterocycles. The van der Waals surface area contributed by atoms with E-state index in [1.165, 1.54) is 12.1 Å². The second kappa shape index (κ2) is 8.93. The number of benzene rings is 2. The summed E-state index contributed by atoms with van der Waals surface area (Å²) in [5.74, 6) is 5.00. The number of carbonyl (C=O) groups is 1. The molecule has 142 valence electrons. The Kier molecular flexibility index (Phi) is 6.37. The highest BCUT2D eigenvalue weighted by Crippen LogP contribution is 2.34. The molecule has 0 bridgehead atoms. The van der Waals surface area contributed by atoms with E-state index in [1.807, 2.05) is 36.4 Å². The van der Waals surface area contributed by atoms with Crippen LogP contribution in [-0.4, -0.2) is 16.6 Å². The normalized spacial score (nSPS) is 16.2. The van der Waals surface area contributed by atoms with Crippen LogP contribution in [-0.2, 0) is 4.79 Å². The van der Waals surface area contributed by atoms with Gasteiger partial charge in [0, 0.05) is 17.2 Å². The third-order valence-corrected chi connectivity index (χ3v) is 5.37. The maximum Gasteiger partial charge on any atom is 0.269 e. The minimum atomic E-state index is -1.80. The minimum absolute atomic E-state index is 0.230. The van der Waals surface area contributed by atoms with Gasteiger partial charge in [-0.05, 0) is 43.2 Å². The molecule has 0 radical (unpaired) electrons. The van der Waals surface area contributed by atoms with Crippen LogP contribution in [0.5, 0.6) is 0 Å². The highest BCUT2D eigenvalue weighted by Gasteiger charge is 2.43. The maximum atomic E-state index is 13.0. The van der Waals surface area contributed by atoms with Crippen molar-refractivity contribution >= 4 is 23.2 Å². The number of amides is 1. The van der Waals surface area contributed by atoms with Gasteiger partial charge in [0.15, 0.2) is 0 Å². The molecule has 2 aromatic rings. The van der Waals surface area contributed by atoms with E-state index in [0.717, 1.165) is 37.7 Å². The number of nitrogens with one attached hydrogen (secondary N) is 1. The highest BCUT2D eigenvalue weighted by molar-refractivity contribution is 6.32. The Morgan fingerprint density at radius 1 is 1.14 bits per heavy atom. The molecular formula is C23H21ClN2O2. The molecule has 0 saturated heterocycles. The van der Waals surface area contributed by atoms with Crippen molar-refractivity contribution < 1.29 is 9.90 Å². The van der Waals surface area contributed by atoms with Gasteiger partial charge in [0.1, 0.15) is 6.07 Å². The van der Waals surface area contributed by atoms with Crippen molar-refractivity contribution in [2.75, 3.05) is 5.32 Å². The quantitative estimate of drug-likeness (QED) is 0.754. The van der Waals surface area contributed by atoms with Crippen molar-refractivity contribution in [1.82, 2.24) is 0 Å². The molecule has 0 heterocycles. The van der Waals surface area contributed by atoms with E-state index in [9.17, 15) is 9.90 Å². The Balaban J connectivity index is 1.89. The first kappa shape index (κ1) is 20.0. The summed E-state index contributed by atoms with van der Waals surface area (Å²) in [6.45, 7) is 0. The van der Waals surface area contributed by atoms with Gasteiger partial charge < -0.3 is 10.4 Å². The molecule has 0 spiro atoms. The Morgan fingerprint density at radius 2 is 1.86 bits per heavy atom. The average Bonchev–Trinajstić information content (AvgIpc) is 2.73. The largest absolute Gasteiger partial charge is 0.369 e. The molecule has 0 aliphatic heterocycles. The summed E-state index contributed by atoms with van der Waals surface area (Å²) in [4.78, 5) is 13.0. The lowest BCUT2D eigenvalue weighted by Crippen LogP contribution is -2.48. The van der Waals surface area contributed by atoms with E-state index in [0.29, 0.717) is 11.3 Å². The first-order valence-corrected chi connectivity index (χ1v) is 9.72. The summed E-state index contributed by atoms with van der Waals surface area (Å²) in [5, 5.41) is 23.3. The van der Waals surface area contributed by atoms with Gasteiger partial charge in [-0.2, -0.15) is 5.26 Å². The van der Waals surface area contributed by atoms with Crippen LogP contribution in [0, 0.1) is 29.1 Å². The Bertz CT molecular complexity index is 950. The lowest BCUT2D eigenvalue weighted by atomic mass is 9.76. The zero-order valence-corrected chi connectivity index (χ0v) is 16.2. The first-order chi connectivity index (χ1) is 13.5. The van der Waals surface area contributed by atoms with E-state index in [1.54, 1.807) is 6.07 Å². The van der Waals surface area contributed by atoms with Crippen LogP contribution in [0.3, 0.4) is 0 Å². The van der Waals surface area contributed by atoms with Crippen molar-refractivity contribution in [3.05, 3.63) is 64.7 Å². The SMILES string of the molecule is N#Cc1ccc(NC(=O)C(O)(C#Cc2ccccc2)C2CCCCC2)cc1Cl. The fourth-order valence-corrected chi connectivity index (χ4v) is 3.69. The molecule has 1 fully saturated rings. The van der Waals surface area contributed by atoms with E-state index >= 15 is 0 Å². The number of hydrogen-bond acceptors (Lipinski definition) is 3. The van der Waals surface area contributed by atoms with Gasteiger partial charge in [0.05, 0.1) is 10.6 Å². The molecule has 1 amide bonds. The second-order valence-corrected chi connectivity index (χ2v) is 7.39. The molecule has 5 heteroatoms. The van der Waals surface area contributed by atoms with Crippen molar-refractivity contribution in [2.45, 2.75) is 37.7 Å².